The fourth-order valence-electron chi connectivity index (χ4n) is 5.81. The number of rotatable bonds is 17. The van der Waals surface area contributed by atoms with Gasteiger partial charge in [-0.3, -0.25) is 24.1 Å². The molecule has 1 amide bonds. The first-order valence-corrected chi connectivity index (χ1v) is 15.2. The smallest absolute Gasteiger partial charge is 0.225 e. The van der Waals surface area contributed by atoms with Gasteiger partial charge < -0.3 is 19.5 Å². The summed E-state index contributed by atoms with van der Waals surface area (Å²) in [6, 6.07) is 8.31. The third-order valence-corrected chi connectivity index (χ3v) is 8.55. The van der Waals surface area contributed by atoms with Gasteiger partial charge in [-0.05, 0) is 56.7 Å². The number of morpholine rings is 1. The number of carbonyl (C=O) groups excluding carboxylic acids is 4. The number of Topliss-reactive ketones (excluding diaryl/α,β-unsaturated/α-hetero) is 3. The van der Waals surface area contributed by atoms with E-state index in [9.17, 15) is 24.4 Å². The summed E-state index contributed by atoms with van der Waals surface area (Å²) in [5, 5.41) is 12.3. The molecular weight excluding hydrogens is 550 g/mol. The molecule has 3 aliphatic rings. The SMILES string of the molecule is COc1ccc(CC(NC(=O)C(CC#N)CC(=O)CN2CCOCC2)C(=O)CC(CC2=CCCC2)C(=O)C2(C)CO2)cc1. The van der Waals surface area contributed by atoms with Crippen molar-refractivity contribution >= 4 is 23.3 Å². The number of hydrogen-bond donors (Lipinski definition) is 1. The first kappa shape index (κ1) is 32.5. The molecule has 10 nitrogen and oxygen atoms in total. The normalized spacial score (nSPS) is 22.0. The molecule has 4 rings (SSSR count). The molecule has 2 heterocycles. The predicted molar refractivity (Wildman–Crippen MR) is 158 cm³/mol. The Kier molecular flexibility index (Phi) is 11.6. The quantitative estimate of drug-likeness (QED) is 0.213. The first-order chi connectivity index (χ1) is 20.7. The fraction of sp³-hybridized carbons (Fsp3) is 0.606. The number of methoxy groups -OCH3 is 1. The van der Waals surface area contributed by atoms with Crippen LogP contribution in [0.3, 0.4) is 0 Å². The number of nitrogens with zero attached hydrogens (tertiary/aromatic N) is 2. The van der Waals surface area contributed by atoms with Crippen LogP contribution in [0, 0.1) is 23.2 Å². The maximum atomic E-state index is 13.9. The number of epoxide rings is 1. The van der Waals surface area contributed by atoms with Crippen LogP contribution in [0.2, 0.25) is 0 Å². The van der Waals surface area contributed by atoms with E-state index in [4.69, 9.17) is 14.2 Å². The second-order valence-electron chi connectivity index (χ2n) is 12.0. The molecule has 232 valence electrons. The molecule has 0 radical (unpaired) electrons. The van der Waals surface area contributed by atoms with E-state index in [2.05, 4.69) is 11.4 Å². The Hall–Kier alpha value is -3.39. The number of hydrogen-bond acceptors (Lipinski definition) is 9. The number of ketones is 3. The molecule has 4 atom stereocenters. The Balaban J connectivity index is 1.49. The lowest BCUT2D eigenvalue weighted by molar-refractivity contribution is -0.134. The molecule has 2 fully saturated rings. The molecule has 0 spiro atoms. The lowest BCUT2D eigenvalue weighted by Crippen LogP contribution is -2.47. The van der Waals surface area contributed by atoms with E-state index in [1.807, 2.05) is 23.1 Å². The molecule has 2 saturated heterocycles. The van der Waals surface area contributed by atoms with Gasteiger partial charge in [0.05, 0.1) is 51.5 Å². The summed E-state index contributed by atoms with van der Waals surface area (Å²) >= 11 is 0. The Morgan fingerprint density at radius 2 is 1.81 bits per heavy atom. The maximum Gasteiger partial charge on any atom is 0.225 e. The van der Waals surface area contributed by atoms with Crippen LogP contribution in [0.5, 0.6) is 5.75 Å². The van der Waals surface area contributed by atoms with Gasteiger partial charge in [0, 0.05) is 38.3 Å². The third-order valence-electron chi connectivity index (χ3n) is 8.55. The van der Waals surface area contributed by atoms with E-state index < -0.39 is 29.4 Å². The molecule has 1 aromatic carbocycles. The van der Waals surface area contributed by atoms with Crippen LogP contribution in [0.15, 0.2) is 35.9 Å². The second-order valence-corrected chi connectivity index (χ2v) is 12.0. The number of carbonyl (C=O) groups is 4. The Morgan fingerprint density at radius 1 is 1.09 bits per heavy atom. The van der Waals surface area contributed by atoms with E-state index in [1.54, 1.807) is 26.2 Å². The van der Waals surface area contributed by atoms with Crippen LogP contribution in [0.1, 0.15) is 57.4 Å². The Labute approximate surface area is 253 Å². The van der Waals surface area contributed by atoms with Gasteiger partial charge in [-0.25, -0.2) is 0 Å². The molecule has 0 bridgehead atoms. The van der Waals surface area contributed by atoms with E-state index in [1.165, 1.54) is 5.57 Å². The minimum Gasteiger partial charge on any atom is -0.497 e. The van der Waals surface area contributed by atoms with E-state index >= 15 is 0 Å². The largest absolute Gasteiger partial charge is 0.497 e. The zero-order valence-electron chi connectivity index (χ0n) is 25.3. The highest BCUT2D eigenvalue weighted by Crippen LogP contribution is 2.35. The van der Waals surface area contributed by atoms with Gasteiger partial charge in [-0.1, -0.05) is 23.8 Å². The highest BCUT2D eigenvalue weighted by atomic mass is 16.6. The molecule has 0 aromatic heterocycles. The predicted octanol–water partition coefficient (Wildman–Crippen LogP) is 2.98. The van der Waals surface area contributed by atoms with Gasteiger partial charge in [0.2, 0.25) is 5.91 Å². The average molecular weight is 594 g/mol. The van der Waals surface area contributed by atoms with Crippen LogP contribution in [-0.4, -0.2) is 86.4 Å². The van der Waals surface area contributed by atoms with Crippen molar-refractivity contribution in [3.8, 4) is 11.8 Å². The summed E-state index contributed by atoms with van der Waals surface area (Å²) in [4.78, 5) is 55.7. The van der Waals surface area contributed by atoms with Gasteiger partial charge in [0.15, 0.2) is 11.6 Å². The van der Waals surface area contributed by atoms with Crippen LogP contribution in [0.4, 0.5) is 0 Å². The second kappa shape index (κ2) is 15.4. The lowest BCUT2D eigenvalue weighted by atomic mass is 9.83. The van der Waals surface area contributed by atoms with Crippen molar-refractivity contribution < 1.29 is 33.4 Å². The monoisotopic (exact) mass is 593 g/mol. The number of allylic oxidation sites excluding steroid dienone is 2. The molecule has 0 saturated carbocycles. The minimum atomic E-state index is -0.933. The van der Waals surface area contributed by atoms with Gasteiger partial charge in [-0.2, -0.15) is 5.26 Å². The fourth-order valence-corrected chi connectivity index (χ4v) is 5.81. The molecule has 10 heteroatoms. The van der Waals surface area contributed by atoms with Crippen LogP contribution in [-0.2, 0) is 35.1 Å². The van der Waals surface area contributed by atoms with Gasteiger partial charge in [-0.15, -0.1) is 0 Å². The number of benzene rings is 1. The molecule has 1 N–H and O–H groups in total. The highest BCUT2D eigenvalue weighted by molar-refractivity contribution is 5.97. The average Bonchev–Trinajstić information content (AvgIpc) is 3.54. The van der Waals surface area contributed by atoms with Gasteiger partial charge in [0.25, 0.3) is 0 Å². The lowest BCUT2D eigenvalue weighted by Gasteiger charge is -2.27. The summed E-state index contributed by atoms with van der Waals surface area (Å²) < 4.78 is 16.0. The minimum absolute atomic E-state index is 0.0326. The van der Waals surface area contributed by atoms with Crippen LogP contribution < -0.4 is 10.1 Å². The van der Waals surface area contributed by atoms with Crippen molar-refractivity contribution in [3.05, 3.63) is 41.5 Å². The van der Waals surface area contributed by atoms with Crippen molar-refractivity contribution in [2.75, 3.05) is 46.6 Å². The van der Waals surface area contributed by atoms with Crippen molar-refractivity contribution in [1.82, 2.24) is 10.2 Å². The number of ether oxygens (including phenoxy) is 3. The first-order valence-electron chi connectivity index (χ1n) is 15.2. The van der Waals surface area contributed by atoms with Gasteiger partial charge >= 0.3 is 0 Å². The van der Waals surface area contributed by atoms with E-state index in [-0.39, 0.29) is 49.6 Å². The summed E-state index contributed by atoms with van der Waals surface area (Å²) in [6.45, 7) is 4.67. The topological polar surface area (TPSA) is 138 Å². The van der Waals surface area contributed by atoms with E-state index in [0.29, 0.717) is 45.1 Å². The summed E-state index contributed by atoms with van der Waals surface area (Å²) in [7, 11) is 1.57. The zero-order valence-corrected chi connectivity index (χ0v) is 25.3. The number of nitrogens with one attached hydrogen (secondary N) is 1. The molecule has 4 unspecified atom stereocenters. The number of amides is 1. The Bertz CT molecular complexity index is 1230. The van der Waals surface area contributed by atoms with Crippen LogP contribution in [0.25, 0.3) is 0 Å². The summed E-state index contributed by atoms with van der Waals surface area (Å²) in [5.41, 5.74) is 1.12. The third kappa shape index (κ3) is 9.55. The summed E-state index contributed by atoms with van der Waals surface area (Å²) in [6.07, 6.45) is 5.51. The maximum absolute atomic E-state index is 13.9. The van der Waals surface area contributed by atoms with Crippen molar-refractivity contribution in [3.63, 3.8) is 0 Å². The van der Waals surface area contributed by atoms with Crippen molar-refractivity contribution in [2.45, 2.75) is 69.9 Å². The van der Waals surface area contributed by atoms with Crippen LogP contribution >= 0.6 is 0 Å². The molecule has 2 aliphatic heterocycles. The van der Waals surface area contributed by atoms with Crippen molar-refractivity contribution in [2.24, 2.45) is 11.8 Å². The Morgan fingerprint density at radius 3 is 2.42 bits per heavy atom. The molecule has 1 aromatic rings. The molecular formula is C33H43N3O7. The number of nitriles is 1. The van der Waals surface area contributed by atoms with Crippen molar-refractivity contribution in [1.29, 1.82) is 5.26 Å². The van der Waals surface area contributed by atoms with E-state index in [0.717, 1.165) is 24.8 Å². The molecule has 43 heavy (non-hydrogen) atoms. The van der Waals surface area contributed by atoms with Gasteiger partial charge in [0.1, 0.15) is 17.1 Å². The molecule has 1 aliphatic carbocycles. The standard InChI is InChI=1S/C33H43N3O7/c1-33(22-43-33)31(39)26(17-23-5-3-4-6-23)20-30(38)29(18-24-7-9-28(41-2)10-8-24)35-32(40)25(11-12-34)19-27(37)21-36-13-15-42-16-14-36/h5,7-10,25-26,29H,3-4,6,11,13-22H2,1-2H3,(H,35,40). The zero-order chi connectivity index (χ0) is 30.8. The summed E-state index contributed by atoms with van der Waals surface area (Å²) in [5.74, 6) is -1.77. The highest BCUT2D eigenvalue weighted by Gasteiger charge is 2.50.